The Bertz CT molecular complexity index is 1210. The van der Waals surface area contributed by atoms with Gasteiger partial charge >= 0.3 is 0 Å². The summed E-state index contributed by atoms with van der Waals surface area (Å²) >= 11 is 0. The molecule has 2 aliphatic rings. The van der Waals surface area contributed by atoms with Gasteiger partial charge < -0.3 is 32.1 Å². The Balaban J connectivity index is 0.00000245. The van der Waals surface area contributed by atoms with E-state index in [-0.39, 0.29) is 31.0 Å². The van der Waals surface area contributed by atoms with Gasteiger partial charge in [-0.1, -0.05) is 18.2 Å². The zero-order valence-electron chi connectivity index (χ0n) is 17.9. The van der Waals surface area contributed by atoms with Crippen LogP contribution in [0.25, 0.3) is 10.8 Å². The summed E-state index contributed by atoms with van der Waals surface area (Å²) < 4.78 is 10.8. The molecule has 2 N–H and O–H groups in total. The fourth-order valence-electron chi connectivity index (χ4n) is 4.05. The third-order valence-electron chi connectivity index (χ3n) is 5.70. The molecule has 7 nitrogen and oxygen atoms in total. The van der Waals surface area contributed by atoms with E-state index >= 15 is 0 Å². The molecule has 32 heavy (non-hydrogen) atoms. The molecule has 0 saturated carbocycles. The summed E-state index contributed by atoms with van der Waals surface area (Å²) in [6, 6.07) is 15.3. The van der Waals surface area contributed by atoms with Gasteiger partial charge in [-0.15, -0.1) is 0 Å². The van der Waals surface area contributed by atoms with Gasteiger partial charge in [-0.3, -0.25) is 14.5 Å². The molecule has 3 aromatic carbocycles. The van der Waals surface area contributed by atoms with Crippen molar-refractivity contribution < 1.29 is 36.4 Å². The number of nitrogens with zero attached hydrogens (tertiary/aromatic N) is 1. The van der Waals surface area contributed by atoms with Gasteiger partial charge in [0.15, 0.2) is 11.5 Å². The molecule has 2 heterocycles. The second-order valence-corrected chi connectivity index (χ2v) is 8.19. The molecule has 0 fully saturated rings. The molecule has 0 bridgehead atoms. The number of benzene rings is 3. The van der Waals surface area contributed by atoms with Crippen molar-refractivity contribution in [2.24, 2.45) is 0 Å². The van der Waals surface area contributed by atoms with Crippen molar-refractivity contribution in [2.75, 3.05) is 39.3 Å². The molecule has 0 aliphatic carbocycles. The topological polar surface area (TPSA) is 72.3 Å². The molecule has 0 unspecified atom stereocenters. The van der Waals surface area contributed by atoms with Crippen LogP contribution in [-0.4, -0.2) is 50.7 Å². The predicted molar refractivity (Wildman–Crippen MR) is 117 cm³/mol. The molecular formula is C24H24ClN3O4. The number of amides is 2. The zero-order valence-corrected chi connectivity index (χ0v) is 18.7. The maximum atomic E-state index is 13.2. The fraction of sp³-hybridized carbons (Fsp3) is 0.250. The molecule has 3 aromatic rings. The molecule has 5 rings (SSSR count). The molecule has 0 aromatic heterocycles. The Kier molecular flexibility index (Phi) is 5.95. The highest BCUT2D eigenvalue weighted by Gasteiger charge is 2.33. The number of quaternary nitrogens is 1. The number of hydrogen-bond acceptors (Lipinski definition) is 5. The maximum absolute atomic E-state index is 13.2. The maximum Gasteiger partial charge on any atom is 0.261 e. The lowest BCUT2D eigenvalue weighted by Gasteiger charge is -2.28. The van der Waals surface area contributed by atoms with Gasteiger partial charge in [0.1, 0.15) is 0 Å². The van der Waals surface area contributed by atoms with Crippen molar-refractivity contribution in [1.29, 1.82) is 0 Å². The number of nitrogens with one attached hydrogen (secondary N) is 2. The first-order valence-corrected chi connectivity index (χ1v) is 10.4. The number of halogens is 1. The molecule has 8 heteroatoms. The van der Waals surface area contributed by atoms with Crippen LogP contribution in [0.3, 0.4) is 0 Å². The number of fused-ring (bicyclic) bond motifs is 1. The second-order valence-electron chi connectivity index (χ2n) is 8.19. The Morgan fingerprint density at radius 2 is 1.75 bits per heavy atom. The minimum Gasteiger partial charge on any atom is -1.00 e. The summed E-state index contributed by atoms with van der Waals surface area (Å²) in [6.07, 6.45) is 0. The van der Waals surface area contributed by atoms with Crippen LogP contribution in [0.1, 0.15) is 26.3 Å². The van der Waals surface area contributed by atoms with Gasteiger partial charge in [0.05, 0.1) is 32.7 Å². The molecule has 166 valence electrons. The number of carbonyl (C=O) groups excluding carboxylic acids is 2. The number of rotatable bonds is 6. The monoisotopic (exact) mass is 453 g/mol. The van der Waals surface area contributed by atoms with Crippen LogP contribution in [0, 0.1) is 0 Å². The summed E-state index contributed by atoms with van der Waals surface area (Å²) in [5.74, 6) is 1.04. The van der Waals surface area contributed by atoms with Gasteiger partial charge in [0.25, 0.3) is 11.8 Å². The van der Waals surface area contributed by atoms with Crippen molar-refractivity contribution >= 4 is 28.3 Å². The smallest absolute Gasteiger partial charge is 0.261 e. The highest BCUT2D eigenvalue weighted by molar-refractivity contribution is 6.25. The van der Waals surface area contributed by atoms with Crippen molar-refractivity contribution in [3.05, 3.63) is 65.2 Å². The van der Waals surface area contributed by atoms with E-state index in [9.17, 15) is 9.59 Å². The van der Waals surface area contributed by atoms with Gasteiger partial charge in [-0.2, -0.15) is 0 Å². The van der Waals surface area contributed by atoms with Crippen LogP contribution in [0.2, 0.25) is 0 Å². The number of carbonyl (C=O) groups is 2. The van der Waals surface area contributed by atoms with Crippen LogP contribution >= 0.6 is 0 Å². The zero-order chi connectivity index (χ0) is 21.5. The first-order chi connectivity index (χ1) is 15.0. The summed E-state index contributed by atoms with van der Waals surface area (Å²) in [6.45, 7) is 1.91. The Labute approximate surface area is 192 Å². The third kappa shape index (κ3) is 3.85. The van der Waals surface area contributed by atoms with Crippen LogP contribution in [0.5, 0.6) is 11.5 Å². The van der Waals surface area contributed by atoms with E-state index in [2.05, 4.69) is 5.32 Å². The summed E-state index contributed by atoms with van der Waals surface area (Å²) in [7, 11) is 4.01. The Hall–Kier alpha value is -3.29. The van der Waals surface area contributed by atoms with Crippen LogP contribution in [0.4, 0.5) is 5.69 Å². The Morgan fingerprint density at radius 3 is 2.56 bits per heavy atom. The lowest BCUT2D eigenvalue weighted by molar-refractivity contribution is -0.857. The van der Waals surface area contributed by atoms with Crippen molar-refractivity contribution in [3.8, 4) is 11.5 Å². The molecular weight excluding hydrogens is 430 g/mol. The molecule has 0 radical (unpaired) electrons. The van der Waals surface area contributed by atoms with Crippen LogP contribution < -0.4 is 32.1 Å². The second kappa shape index (κ2) is 8.68. The molecule has 2 aliphatic heterocycles. The number of hydrogen-bond donors (Lipinski definition) is 2. The van der Waals surface area contributed by atoms with E-state index in [0.29, 0.717) is 30.8 Å². The molecule has 0 spiro atoms. The van der Waals surface area contributed by atoms with E-state index < -0.39 is 0 Å². The first kappa shape index (κ1) is 21.9. The Morgan fingerprint density at radius 1 is 0.969 bits per heavy atom. The quantitative estimate of drug-likeness (QED) is 0.465. The van der Waals surface area contributed by atoms with Crippen molar-refractivity contribution in [2.45, 2.75) is 6.54 Å². The average molecular weight is 454 g/mol. The SMILES string of the molecule is C[NH+](C)CCN1C(=O)c2cccc3cc(NCc4ccc5c(c4)OCO5)cc(c23)C1=O.[Cl-]. The van der Waals surface area contributed by atoms with Gasteiger partial charge in [0.2, 0.25) is 6.79 Å². The summed E-state index contributed by atoms with van der Waals surface area (Å²) in [4.78, 5) is 28.7. The number of ether oxygens (including phenoxy) is 2. The predicted octanol–water partition coefficient (Wildman–Crippen LogP) is -1.07. The number of anilines is 1. The summed E-state index contributed by atoms with van der Waals surface area (Å²) in [5, 5.41) is 5.02. The minimum absolute atomic E-state index is 0. The van der Waals surface area contributed by atoms with Gasteiger partial charge in [-0.25, -0.2) is 0 Å². The lowest BCUT2D eigenvalue weighted by Crippen LogP contribution is -3.06. The van der Waals surface area contributed by atoms with Crippen molar-refractivity contribution in [3.63, 3.8) is 0 Å². The highest BCUT2D eigenvalue weighted by Crippen LogP contribution is 2.34. The lowest BCUT2D eigenvalue weighted by atomic mass is 9.93. The van der Waals surface area contributed by atoms with E-state index in [1.807, 2.05) is 56.6 Å². The van der Waals surface area contributed by atoms with E-state index in [1.54, 1.807) is 6.07 Å². The van der Waals surface area contributed by atoms with Gasteiger partial charge in [0, 0.05) is 23.2 Å². The summed E-state index contributed by atoms with van der Waals surface area (Å²) in [5.41, 5.74) is 3.03. The van der Waals surface area contributed by atoms with E-state index in [1.165, 1.54) is 9.80 Å². The largest absolute Gasteiger partial charge is 1.00 e. The molecule has 0 saturated heterocycles. The van der Waals surface area contributed by atoms with Crippen LogP contribution in [0.15, 0.2) is 48.5 Å². The standard InChI is InChI=1S/C24H23N3O4.ClH/c1-26(2)8-9-27-23(28)18-5-3-4-16-11-17(12-19(22(16)18)24(27)29)25-13-15-6-7-20-21(10-15)31-14-30-20;/h3-7,10-12,25H,8-9,13-14H2,1-2H3;1H. The number of imide groups is 1. The first-order valence-electron chi connectivity index (χ1n) is 10.4. The third-order valence-corrected chi connectivity index (χ3v) is 5.70. The van der Waals surface area contributed by atoms with Gasteiger partial charge in [-0.05, 0) is 41.3 Å². The highest BCUT2D eigenvalue weighted by atomic mass is 35.5. The van der Waals surface area contributed by atoms with Crippen molar-refractivity contribution in [1.82, 2.24) is 4.90 Å². The fourth-order valence-corrected chi connectivity index (χ4v) is 4.05. The van der Waals surface area contributed by atoms with E-state index in [0.717, 1.165) is 33.5 Å². The average Bonchev–Trinajstić information content (AvgIpc) is 3.23. The minimum atomic E-state index is -0.235. The molecule has 2 amide bonds. The van der Waals surface area contributed by atoms with Crippen LogP contribution in [-0.2, 0) is 6.54 Å². The normalized spacial score (nSPS) is 14.2. The number of likely N-dealkylation sites (N-methyl/N-ethyl adjacent to an activating group) is 1. The van der Waals surface area contributed by atoms with E-state index in [4.69, 9.17) is 9.47 Å². The molecule has 0 atom stereocenters.